The van der Waals surface area contributed by atoms with Crippen molar-refractivity contribution in [3.63, 3.8) is 0 Å². The summed E-state index contributed by atoms with van der Waals surface area (Å²) in [7, 11) is 1.54. The molecular formula is C18H19ClN4O2. The number of anilines is 1. The minimum absolute atomic E-state index is 0.231. The van der Waals surface area contributed by atoms with E-state index in [1.54, 1.807) is 36.9 Å². The summed E-state index contributed by atoms with van der Waals surface area (Å²) in [5.74, 6) is 0.311. The molecule has 0 saturated heterocycles. The molecule has 0 aliphatic carbocycles. The van der Waals surface area contributed by atoms with Crippen molar-refractivity contribution in [1.29, 1.82) is 0 Å². The molecule has 0 bridgehead atoms. The summed E-state index contributed by atoms with van der Waals surface area (Å²) >= 11 is 6.01. The Labute approximate surface area is 150 Å². The number of halogens is 1. The zero-order valence-electron chi connectivity index (χ0n) is 14.5. The first-order valence-corrected chi connectivity index (χ1v) is 8.25. The van der Waals surface area contributed by atoms with Gasteiger partial charge in [-0.25, -0.2) is 4.68 Å². The largest absolute Gasteiger partial charge is 0.495 e. The van der Waals surface area contributed by atoms with Gasteiger partial charge in [-0.05, 0) is 62.2 Å². The molecule has 1 amide bonds. The fourth-order valence-corrected chi connectivity index (χ4v) is 2.78. The first-order chi connectivity index (χ1) is 11.9. The Morgan fingerprint density at radius 1 is 1.24 bits per heavy atom. The van der Waals surface area contributed by atoms with E-state index in [9.17, 15) is 4.79 Å². The summed E-state index contributed by atoms with van der Waals surface area (Å²) in [5, 5.41) is 11.7. The Morgan fingerprint density at radius 2 is 1.96 bits per heavy atom. The highest BCUT2D eigenvalue weighted by atomic mass is 35.5. The molecular weight excluding hydrogens is 340 g/mol. The van der Waals surface area contributed by atoms with E-state index in [1.165, 1.54) is 0 Å². The van der Waals surface area contributed by atoms with Gasteiger partial charge in [0.1, 0.15) is 17.3 Å². The van der Waals surface area contributed by atoms with Crippen molar-refractivity contribution < 1.29 is 9.53 Å². The molecule has 1 N–H and O–H groups in total. The zero-order valence-corrected chi connectivity index (χ0v) is 15.3. The number of methoxy groups -OCH3 is 1. The average Bonchev–Trinajstić information content (AvgIpc) is 2.97. The lowest BCUT2D eigenvalue weighted by molar-refractivity contribution is -0.119. The SMILES string of the molecule is COc1ccc(Cl)cc1NC(=O)C(C)n1nnc2cc(C)c(C)cc21. The molecule has 25 heavy (non-hydrogen) atoms. The average molecular weight is 359 g/mol. The Balaban J connectivity index is 1.91. The van der Waals surface area contributed by atoms with Crippen molar-refractivity contribution in [3.8, 4) is 5.75 Å². The molecule has 1 aromatic heterocycles. The minimum atomic E-state index is -0.546. The van der Waals surface area contributed by atoms with Gasteiger partial charge in [-0.1, -0.05) is 16.8 Å². The second-order valence-electron chi connectivity index (χ2n) is 5.97. The van der Waals surface area contributed by atoms with Crippen LogP contribution in [0.15, 0.2) is 30.3 Å². The molecule has 0 spiro atoms. The van der Waals surface area contributed by atoms with Crippen molar-refractivity contribution in [2.75, 3.05) is 12.4 Å². The van der Waals surface area contributed by atoms with Crippen LogP contribution in [0.1, 0.15) is 24.1 Å². The quantitative estimate of drug-likeness (QED) is 0.767. The Bertz CT molecular complexity index is 952. The third-order valence-electron chi connectivity index (χ3n) is 4.25. The zero-order chi connectivity index (χ0) is 18.1. The fourth-order valence-electron chi connectivity index (χ4n) is 2.61. The predicted octanol–water partition coefficient (Wildman–Crippen LogP) is 3.91. The third kappa shape index (κ3) is 3.30. The van der Waals surface area contributed by atoms with Crippen LogP contribution in [-0.4, -0.2) is 28.0 Å². The van der Waals surface area contributed by atoms with Crippen molar-refractivity contribution in [3.05, 3.63) is 46.5 Å². The van der Waals surface area contributed by atoms with Gasteiger partial charge in [0.2, 0.25) is 5.91 Å². The number of fused-ring (bicyclic) bond motifs is 1. The van der Waals surface area contributed by atoms with E-state index in [1.807, 2.05) is 26.0 Å². The summed E-state index contributed by atoms with van der Waals surface area (Å²) in [4.78, 5) is 12.7. The molecule has 0 radical (unpaired) electrons. The topological polar surface area (TPSA) is 69.0 Å². The summed E-state index contributed by atoms with van der Waals surface area (Å²) in [5.41, 5.74) is 4.37. The minimum Gasteiger partial charge on any atom is -0.495 e. The molecule has 0 aliphatic rings. The molecule has 1 heterocycles. The highest BCUT2D eigenvalue weighted by Gasteiger charge is 2.20. The number of nitrogens with one attached hydrogen (secondary N) is 1. The van der Waals surface area contributed by atoms with Crippen LogP contribution in [0.4, 0.5) is 5.69 Å². The van der Waals surface area contributed by atoms with Crippen LogP contribution in [0.3, 0.4) is 0 Å². The van der Waals surface area contributed by atoms with Gasteiger partial charge in [0.15, 0.2) is 0 Å². The number of carbonyl (C=O) groups excluding carboxylic acids is 1. The van der Waals surface area contributed by atoms with E-state index >= 15 is 0 Å². The van der Waals surface area contributed by atoms with Crippen LogP contribution in [0.5, 0.6) is 5.75 Å². The summed E-state index contributed by atoms with van der Waals surface area (Å²) in [6.07, 6.45) is 0. The second kappa shape index (κ2) is 6.72. The predicted molar refractivity (Wildman–Crippen MR) is 98.3 cm³/mol. The number of rotatable bonds is 4. The number of amides is 1. The van der Waals surface area contributed by atoms with Gasteiger partial charge >= 0.3 is 0 Å². The molecule has 1 atom stereocenters. The number of benzene rings is 2. The Kier molecular flexibility index (Phi) is 4.63. The van der Waals surface area contributed by atoms with E-state index in [4.69, 9.17) is 16.3 Å². The maximum atomic E-state index is 12.7. The van der Waals surface area contributed by atoms with Crippen LogP contribution in [0.25, 0.3) is 11.0 Å². The van der Waals surface area contributed by atoms with Crippen LogP contribution < -0.4 is 10.1 Å². The van der Waals surface area contributed by atoms with Gasteiger partial charge in [0.05, 0.1) is 18.3 Å². The first kappa shape index (κ1) is 17.2. The lowest BCUT2D eigenvalue weighted by Crippen LogP contribution is -2.24. The molecule has 130 valence electrons. The molecule has 0 saturated carbocycles. The summed E-state index contributed by atoms with van der Waals surface area (Å²) in [6.45, 7) is 5.82. The van der Waals surface area contributed by atoms with Crippen LogP contribution in [0, 0.1) is 13.8 Å². The van der Waals surface area contributed by atoms with E-state index in [2.05, 4.69) is 15.6 Å². The molecule has 0 fully saturated rings. The van der Waals surface area contributed by atoms with Gasteiger partial charge in [0, 0.05) is 5.02 Å². The van der Waals surface area contributed by atoms with Crippen molar-refractivity contribution >= 4 is 34.2 Å². The highest BCUT2D eigenvalue weighted by molar-refractivity contribution is 6.31. The van der Waals surface area contributed by atoms with Gasteiger partial charge in [-0.15, -0.1) is 5.10 Å². The Hall–Kier alpha value is -2.60. The molecule has 3 rings (SSSR count). The van der Waals surface area contributed by atoms with Gasteiger partial charge in [0.25, 0.3) is 0 Å². The van der Waals surface area contributed by atoms with Crippen LogP contribution >= 0.6 is 11.6 Å². The number of nitrogens with zero attached hydrogens (tertiary/aromatic N) is 3. The van der Waals surface area contributed by atoms with Crippen molar-refractivity contribution in [1.82, 2.24) is 15.0 Å². The van der Waals surface area contributed by atoms with Crippen LogP contribution in [-0.2, 0) is 4.79 Å². The smallest absolute Gasteiger partial charge is 0.249 e. The van der Waals surface area contributed by atoms with E-state index in [0.717, 1.165) is 22.2 Å². The number of hydrogen-bond donors (Lipinski definition) is 1. The first-order valence-electron chi connectivity index (χ1n) is 7.87. The lowest BCUT2D eigenvalue weighted by atomic mass is 10.1. The second-order valence-corrected chi connectivity index (χ2v) is 6.41. The summed E-state index contributed by atoms with van der Waals surface area (Å²) < 4.78 is 6.88. The number of carbonyl (C=O) groups is 1. The van der Waals surface area contributed by atoms with Crippen molar-refractivity contribution in [2.45, 2.75) is 26.8 Å². The van der Waals surface area contributed by atoms with E-state index in [-0.39, 0.29) is 5.91 Å². The highest BCUT2D eigenvalue weighted by Crippen LogP contribution is 2.29. The number of ether oxygens (including phenoxy) is 1. The number of aryl methyl sites for hydroxylation is 2. The number of hydrogen-bond acceptors (Lipinski definition) is 4. The Morgan fingerprint density at radius 3 is 2.68 bits per heavy atom. The fraction of sp³-hybridized carbons (Fsp3) is 0.278. The maximum Gasteiger partial charge on any atom is 0.249 e. The molecule has 2 aromatic carbocycles. The third-order valence-corrected chi connectivity index (χ3v) is 4.49. The van der Waals surface area contributed by atoms with E-state index < -0.39 is 6.04 Å². The van der Waals surface area contributed by atoms with E-state index in [0.29, 0.717) is 16.5 Å². The maximum absolute atomic E-state index is 12.7. The van der Waals surface area contributed by atoms with Crippen molar-refractivity contribution in [2.24, 2.45) is 0 Å². The molecule has 0 aliphatic heterocycles. The van der Waals surface area contributed by atoms with Gasteiger partial charge in [-0.3, -0.25) is 4.79 Å². The van der Waals surface area contributed by atoms with Crippen LogP contribution in [0.2, 0.25) is 5.02 Å². The monoisotopic (exact) mass is 358 g/mol. The van der Waals surface area contributed by atoms with Gasteiger partial charge < -0.3 is 10.1 Å². The molecule has 3 aromatic rings. The summed E-state index contributed by atoms with van der Waals surface area (Å²) in [6, 6.07) is 8.48. The number of aromatic nitrogens is 3. The molecule has 7 heteroatoms. The normalized spacial score (nSPS) is 12.2. The lowest BCUT2D eigenvalue weighted by Gasteiger charge is -2.15. The molecule has 1 unspecified atom stereocenters. The standard InChI is InChI=1S/C18H19ClN4O2/c1-10-7-14-16(8-11(10)2)23(22-21-14)12(3)18(24)20-15-9-13(19)5-6-17(15)25-4/h5-9,12H,1-4H3,(H,20,24). The molecule has 6 nitrogen and oxygen atoms in total. The van der Waals surface area contributed by atoms with Gasteiger partial charge in [-0.2, -0.15) is 0 Å².